The molecule has 0 unspecified atom stereocenters. The molecule has 0 aliphatic heterocycles. The number of halogens is 1. The smallest absolute Gasteiger partial charge is 0.320 e. The zero-order valence-electron chi connectivity index (χ0n) is 10.9. The van der Waals surface area contributed by atoms with Crippen LogP contribution in [0.15, 0.2) is 46.9 Å². The Balaban J connectivity index is 1.84. The standard InChI is InChI=1S/C14H12ClN5O/c15-9-2-1-3-10(7-9)18-14-20-19-13(21-14)8-4-5-11(16)12(17)6-8/h1-7H,16-17H2,(H,18,20). The molecule has 0 bridgehead atoms. The van der Waals surface area contributed by atoms with Gasteiger partial charge in [0, 0.05) is 16.3 Å². The maximum atomic E-state index is 5.91. The first kappa shape index (κ1) is 13.3. The zero-order chi connectivity index (χ0) is 14.8. The predicted octanol–water partition coefficient (Wildman–Crippen LogP) is 3.30. The molecule has 6 nitrogen and oxygen atoms in total. The number of nitrogens with two attached hydrogens (primary N) is 2. The summed E-state index contributed by atoms with van der Waals surface area (Å²) in [6, 6.07) is 12.6. The van der Waals surface area contributed by atoms with Crippen molar-refractivity contribution in [3.63, 3.8) is 0 Å². The van der Waals surface area contributed by atoms with Gasteiger partial charge < -0.3 is 21.2 Å². The van der Waals surface area contributed by atoms with Crippen molar-refractivity contribution in [1.29, 1.82) is 0 Å². The Morgan fingerprint density at radius 1 is 1.00 bits per heavy atom. The van der Waals surface area contributed by atoms with Gasteiger partial charge >= 0.3 is 6.01 Å². The molecule has 5 N–H and O–H groups in total. The quantitative estimate of drug-likeness (QED) is 0.641. The van der Waals surface area contributed by atoms with Crippen LogP contribution in [0.25, 0.3) is 11.5 Å². The number of aromatic nitrogens is 2. The van der Waals surface area contributed by atoms with Crippen LogP contribution in [0, 0.1) is 0 Å². The van der Waals surface area contributed by atoms with Crippen LogP contribution in [0.3, 0.4) is 0 Å². The minimum absolute atomic E-state index is 0.266. The second kappa shape index (κ2) is 5.34. The highest BCUT2D eigenvalue weighted by molar-refractivity contribution is 6.30. The fourth-order valence-electron chi connectivity index (χ4n) is 1.79. The number of nitrogens with one attached hydrogen (secondary N) is 1. The van der Waals surface area contributed by atoms with E-state index in [0.29, 0.717) is 27.9 Å². The highest BCUT2D eigenvalue weighted by Gasteiger charge is 2.10. The Hall–Kier alpha value is -2.73. The van der Waals surface area contributed by atoms with E-state index in [4.69, 9.17) is 27.5 Å². The molecule has 21 heavy (non-hydrogen) atoms. The number of benzene rings is 2. The van der Waals surface area contributed by atoms with Crippen molar-refractivity contribution in [3.05, 3.63) is 47.5 Å². The van der Waals surface area contributed by atoms with E-state index in [1.165, 1.54) is 0 Å². The Labute approximate surface area is 125 Å². The average molecular weight is 302 g/mol. The second-order valence-electron chi connectivity index (χ2n) is 4.39. The molecule has 1 heterocycles. The maximum absolute atomic E-state index is 5.91. The molecule has 0 fully saturated rings. The lowest BCUT2D eigenvalue weighted by Gasteiger charge is -2.02. The lowest BCUT2D eigenvalue weighted by Crippen LogP contribution is -1.94. The first-order chi connectivity index (χ1) is 10.1. The van der Waals surface area contributed by atoms with Crippen molar-refractivity contribution < 1.29 is 4.42 Å². The van der Waals surface area contributed by atoms with Gasteiger partial charge in [0.25, 0.3) is 0 Å². The number of nitrogens with zero attached hydrogens (tertiary/aromatic N) is 2. The summed E-state index contributed by atoms with van der Waals surface area (Å²) in [5.41, 5.74) is 13.9. The summed E-state index contributed by atoms with van der Waals surface area (Å²) in [5.74, 6) is 0.353. The van der Waals surface area contributed by atoms with Crippen LogP contribution >= 0.6 is 11.6 Å². The van der Waals surface area contributed by atoms with Gasteiger partial charge in [0.1, 0.15) is 0 Å². The van der Waals surface area contributed by atoms with E-state index in [9.17, 15) is 0 Å². The number of anilines is 4. The highest BCUT2D eigenvalue weighted by atomic mass is 35.5. The average Bonchev–Trinajstić information content (AvgIpc) is 2.90. The normalized spacial score (nSPS) is 10.5. The molecule has 1 aromatic heterocycles. The van der Waals surface area contributed by atoms with Crippen molar-refractivity contribution in [3.8, 4) is 11.5 Å². The maximum Gasteiger partial charge on any atom is 0.320 e. The van der Waals surface area contributed by atoms with Crippen LogP contribution in [0.4, 0.5) is 23.1 Å². The Kier molecular flexibility index (Phi) is 3.37. The largest absolute Gasteiger partial charge is 0.403 e. The summed E-state index contributed by atoms with van der Waals surface area (Å²) in [4.78, 5) is 0. The van der Waals surface area contributed by atoms with E-state index < -0.39 is 0 Å². The summed E-state index contributed by atoms with van der Waals surface area (Å²) in [5, 5.41) is 11.5. The number of hydrogen-bond donors (Lipinski definition) is 3. The Bertz CT molecular complexity index is 787. The van der Waals surface area contributed by atoms with Gasteiger partial charge in [-0.3, -0.25) is 0 Å². The lowest BCUT2D eigenvalue weighted by molar-refractivity contribution is 0.587. The van der Waals surface area contributed by atoms with Crippen molar-refractivity contribution in [2.45, 2.75) is 0 Å². The van der Waals surface area contributed by atoms with E-state index in [1.54, 1.807) is 30.3 Å². The molecule has 0 spiro atoms. The number of nitrogen functional groups attached to an aromatic ring is 2. The molecule has 0 saturated carbocycles. The van der Waals surface area contributed by atoms with Gasteiger partial charge in [0.05, 0.1) is 11.4 Å². The lowest BCUT2D eigenvalue weighted by atomic mass is 10.2. The van der Waals surface area contributed by atoms with E-state index in [2.05, 4.69) is 15.5 Å². The zero-order valence-corrected chi connectivity index (χ0v) is 11.6. The summed E-state index contributed by atoms with van der Waals surface area (Å²) in [6.45, 7) is 0. The molecule has 3 aromatic rings. The fourth-order valence-corrected chi connectivity index (χ4v) is 1.98. The van der Waals surface area contributed by atoms with Gasteiger partial charge in [-0.1, -0.05) is 22.8 Å². The minimum atomic E-state index is 0.266. The molecule has 0 saturated heterocycles. The van der Waals surface area contributed by atoms with Crippen LogP contribution in [-0.4, -0.2) is 10.2 Å². The van der Waals surface area contributed by atoms with Crippen molar-refractivity contribution in [1.82, 2.24) is 10.2 Å². The summed E-state index contributed by atoms with van der Waals surface area (Å²) >= 11 is 5.91. The van der Waals surface area contributed by atoms with Crippen LogP contribution in [0.5, 0.6) is 0 Å². The molecule has 3 rings (SSSR count). The van der Waals surface area contributed by atoms with Crippen LogP contribution < -0.4 is 16.8 Å². The van der Waals surface area contributed by atoms with Crippen molar-refractivity contribution >= 4 is 34.7 Å². The van der Waals surface area contributed by atoms with Gasteiger partial charge in [-0.2, -0.15) is 0 Å². The summed E-state index contributed by atoms with van der Waals surface area (Å²) in [7, 11) is 0. The predicted molar refractivity (Wildman–Crippen MR) is 83.3 cm³/mol. The molecule has 0 radical (unpaired) electrons. The summed E-state index contributed by atoms with van der Waals surface area (Å²) < 4.78 is 5.54. The number of hydrogen-bond acceptors (Lipinski definition) is 6. The Morgan fingerprint density at radius 3 is 2.62 bits per heavy atom. The van der Waals surface area contributed by atoms with Crippen molar-refractivity contribution in [2.75, 3.05) is 16.8 Å². The highest BCUT2D eigenvalue weighted by Crippen LogP contribution is 2.26. The molecule has 0 amide bonds. The first-order valence-electron chi connectivity index (χ1n) is 6.13. The molecule has 2 aromatic carbocycles. The third-order valence-corrected chi connectivity index (χ3v) is 3.07. The van der Waals surface area contributed by atoms with Gasteiger partial charge in [0.2, 0.25) is 5.89 Å². The minimum Gasteiger partial charge on any atom is -0.403 e. The number of rotatable bonds is 3. The molecule has 7 heteroatoms. The second-order valence-corrected chi connectivity index (χ2v) is 4.83. The molecule has 0 aliphatic carbocycles. The van der Waals surface area contributed by atoms with E-state index >= 15 is 0 Å². The molecular weight excluding hydrogens is 290 g/mol. The topological polar surface area (TPSA) is 103 Å². The van der Waals surface area contributed by atoms with E-state index in [-0.39, 0.29) is 6.01 Å². The van der Waals surface area contributed by atoms with Crippen LogP contribution in [-0.2, 0) is 0 Å². The van der Waals surface area contributed by atoms with Gasteiger partial charge in [-0.25, -0.2) is 0 Å². The third kappa shape index (κ3) is 2.90. The van der Waals surface area contributed by atoms with Gasteiger partial charge in [-0.15, -0.1) is 5.10 Å². The first-order valence-corrected chi connectivity index (χ1v) is 6.51. The van der Waals surface area contributed by atoms with Crippen LogP contribution in [0.1, 0.15) is 0 Å². The van der Waals surface area contributed by atoms with Gasteiger partial charge in [0.15, 0.2) is 0 Å². The Morgan fingerprint density at radius 2 is 1.86 bits per heavy atom. The molecular formula is C14H12ClN5O. The molecule has 0 aliphatic rings. The van der Waals surface area contributed by atoms with E-state index in [0.717, 1.165) is 5.69 Å². The van der Waals surface area contributed by atoms with Gasteiger partial charge in [-0.05, 0) is 36.4 Å². The fraction of sp³-hybridized carbons (Fsp3) is 0. The third-order valence-electron chi connectivity index (χ3n) is 2.83. The SMILES string of the molecule is Nc1ccc(-c2nnc(Nc3cccc(Cl)c3)o2)cc1N. The molecule has 106 valence electrons. The van der Waals surface area contributed by atoms with Crippen molar-refractivity contribution in [2.24, 2.45) is 0 Å². The monoisotopic (exact) mass is 301 g/mol. The molecule has 0 atom stereocenters. The summed E-state index contributed by atoms with van der Waals surface area (Å²) in [6.07, 6.45) is 0. The van der Waals surface area contributed by atoms with Crippen LogP contribution in [0.2, 0.25) is 5.02 Å². The van der Waals surface area contributed by atoms with E-state index in [1.807, 2.05) is 12.1 Å².